The Kier molecular flexibility index (Phi) is 4.28. The highest BCUT2D eigenvalue weighted by Crippen LogP contribution is 2.30. The van der Waals surface area contributed by atoms with Crippen LogP contribution in [0.2, 0.25) is 0 Å². The molecule has 3 N–H and O–H groups in total. The summed E-state index contributed by atoms with van der Waals surface area (Å²) in [6, 6.07) is 0.236. The predicted molar refractivity (Wildman–Crippen MR) is 73.2 cm³/mol. The van der Waals surface area contributed by atoms with Crippen molar-refractivity contribution in [3.05, 3.63) is 0 Å². The first-order valence-corrected chi connectivity index (χ1v) is 7.20. The fraction of sp³-hybridized carbons (Fsp3) is 0.929. The van der Waals surface area contributed by atoms with Crippen LogP contribution in [-0.2, 0) is 4.79 Å². The van der Waals surface area contributed by atoms with E-state index in [1.165, 1.54) is 12.8 Å². The quantitative estimate of drug-likeness (QED) is 0.788. The minimum atomic E-state index is 0.162. The summed E-state index contributed by atoms with van der Waals surface area (Å²) in [4.78, 5) is 14.4. The van der Waals surface area contributed by atoms with Gasteiger partial charge in [-0.3, -0.25) is 4.79 Å². The SMILES string of the molecule is CN1CCC(C)(CNC(=O)C2CCC(N)C2)CC1. The molecule has 1 aliphatic carbocycles. The summed E-state index contributed by atoms with van der Waals surface area (Å²) in [5.74, 6) is 0.387. The molecular formula is C14H27N3O. The zero-order chi connectivity index (χ0) is 13.2. The number of nitrogens with zero attached hydrogens (tertiary/aromatic N) is 1. The van der Waals surface area contributed by atoms with Crippen molar-refractivity contribution in [3.8, 4) is 0 Å². The Morgan fingerprint density at radius 3 is 2.61 bits per heavy atom. The van der Waals surface area contributed by atoms with Gasteiger partial charge in [-0.15, -0.1) is 0 Å². The highest BCUT2D eigenvalue weighted by molar-refractivity contribution is 5.79. The second-order valence-electron chi connectivity index (χ2n) is 6.60. The van der Waals surface area contributed by atoms with E-state index in [0.717, 1.165) is 38.9 Å². The van der Waals surface area contributed by atoms with Crippen LogP contribution in [0, 0.1) is 11.3 Å². The summed E-state index contributed by atoms with van der Waals surface area (Å²) >= 11 is 0. The van der Waals surface area contributed by atoms with Gasteiger partial charge in [0.25, 0.3) is 0 Å². The van der Waals surface area contributed by atoms with Gasteiger partial charge in [0.15, 0.2) is 0 Å². The van der Waals surface area contributed by atoms with Gasteiger partial charge in [0.05, 0.1) is 0 Å². The number of carbonyl (C=O) groups excluding carboxylic acids is 1. The lowest BCUT2D eigenvalue weighted by Crippen LogP contribution is -2.44. The van der Waals surface area contributed by atoms with Crippen LogP contribution in [-0.4, -0.2) is 43.5 Å². The molecule has 2 rings (SSSR count). The molecule has 1 saturated heterocycles. The molecule has 0 aromatic rings. The van der Waals surface area contributed by atoms with Crippen molar-refractivity contribution >= 4 is 5.91 Å². The first-order valence-electron chi connectivity index (χ1n) is 7.20. The molecule has 2 atom stereocenters. The number of amides is 1. The zero-order valence-electron chi connectivity index (χ0n) is 11.7. The minimum absolute atomic E-state index is 0.162. The van der Waals surface area contributed by atoms with Gasteiger partial charge in [0, 0.05) is 18.5 Å². The van der Waals surface area contributed by atoms with E-state index in [4.69, 9.17) is 5.73 Å². The molecular weight excluding hydrogens is 226 g/mol. The van der Waals surface area contributed by atoms with E-state index >= 15 is 0 Å². The zero-order valence-corrected chi connectivity index (χ0v) is 11.7. The average molecular weight is 253 g/mol. The van der Waals surface area contributed by atoms with Crippen molar-refractivity contribution < 1.29 is 4.79 Å². The second-order valence-corrected chi connectivity index (χ2v) is 6.60. The van der Waals surface area contributed by atoms with E-state index in [0.29, 0.717) is 0 Å². The number of hydrogen-bond acceptors (Lipinski definition) is 3. The molecule has 1 aliphatic heterocycles. The Bertz CT molecular complexity index is 297. The third-order valence-corrected chi connectivity index (χ3v) is 4.73. The number of piperidine rings is 1. The number of rotatable bonds is 3. The summed E-state index contributed by atoms with van der Waals surface area (Å²) in [6.45, 7) is 5.40. The summed E-state index contributed by atoms with van der Waals surface area (Å²) in [7, 11) is 2.16. The van der Waals surface area contributed by atoms with Crippen LogP contribution in [0.1, 0.15) is 39.0 Å². The maximum Gasteiger partial charge on any atom is 0.223 e. The van der Waals surface area contributed by atoms with E-state index < -0.39 is 0 Å². The van der Waals surface area contributed by atoms with Gasteiger partial charge in [-0.05, 0) is 57.7 Å². The molecule has 2 fully saturated rings. The van der Waals surface area contributed by atoms with Crippen LogP contribution >= 0.6 is 0 Å². The third kappa shape index (κ3) is 3.45. The monoisotopic (exact) mass is 253 g/mol. The second kappa shape index (κ2) is 5.57. The van der Waals surface area contributed by atoms with Gasteiger partial charge in [-0.2, -0.15) is 0 Å². The normalized spacial score (nSPS) is 32.4. The Morgan fingerprint density at radius 2 is 2.06 bits per heavy atom. The van der Waals surface area contributed by atoms with Crippen molar-refractivity contribution in [1.82, 2.24) is 10.2 Å². The molecule has 0 bridgehead atoms. The molecule has 2 aliphatic rings. The Balaban J connectivity index is 1.75. The van der Waals surface area contributed by atoms with Crippen LogP contribution in [0.3, 0.4) is 0 Å². The van der Waals surface area contributed by atoms with Crippen LogP contribution in [0.4, 0.5) is 0 Å². The Labute approximate surface area is 110 Å². The van der Waals surface area contributed by atoms with Gasteiger partial charge in [-0.25, -0.2) is 0 Å². The van der Waals surface area contributed by atoms with Gasteiger partial charge < -0.3 is 16.0 Å². The molecule has 18 heavy (non-hydrogen) atoms. The van der Waals surface area contributed by atoms with Crippen LogP contribution in [0.5, 0.6) is 0 Å². The van der Waals surface area contributed by atoms with E-state index in [-0.39, 0.29) is 23.3 Å². The molecule has 4 nitrogen and oxygen atoms in total. The van der Waals surface area contributed by atoms with Gasteiger partial charge in [0.1, 0.15) is 0 Å². The molecule has 1 amide bonds. The van der Waals surface area contributed by atoms with Crippen LogP contribution in [0.25, 0.3) is 0 Å². The van der Waals surface area contributed by atoms with Gasteiger partial charge in [-0.1, -0.05) is 6.92 Å². The summed E-state index contributed by atoms with van der Waals surface area (Å²) < 4.78 is 0. The first-order chi connectivity index (χ1) is 8.48. The lowest BCUT2D eigenvalue weighted by molar-refractivity contribution is -0.125. The molecule has 4 heteroatoms. The van der Waals surface area contributed by atoms with Gasteiger partial charge in [0.2, 0.25) is 5.91 Å². The molecule has 0 spiro atoms. The lowest BCUT2D eigenvalue weighted by atomic mass is 9.80. The summed E-state index contributed by atoms with van der Waals surface area (Å²) in [5.41, 5.74) is 6.14. The number of likely N-dealkylation sites (tertiary alicyclic amines) is 1. The third-order valence-electron chi connectivity index (χ3n) is 4.73. The smallest absolute Gasteiger partial charge is 0.223 e. The van der Waals surface area contributed by atoms with Crippen LogP contribution < -0.4 is 11.1 Å². The topological polar surface area (TPSA) is 58.4 Å². The van der Waals surface area contributed by atoms with E-state index in [1.54, 1.807) is 0 Å². The van der Waals surface area contributed by atoms with Crippen molar-refractivity contribution in [2.75, 3.05) is 26.7 Å². The Morgan fingerprint density at radius 1 is 1.39 bits per heavy atom. The predicted octanol–water partition coefficient (Wildman–Crippen LogP) is 0.962. The lowest BCUT2D eigenvalue weighted by Gasteiger charge is -2.38. The number of carbonyl (C=O) groups is 1. The molecule has 0 radical (unpaired) electrons. The summed E-state index contributed by atoms with van der Waals surface area (Å²) in [6.07, 6.45) is 5.18. The summed E-state index contributed by atoms with van der Waals surface area (Å²) in [5, 5.41) is 3.16. The molecule has 2 unspecified atom stereocenters. The number of hydrogen-bond donors (Lipinski definition) is 2. The van der Waals surface area contributed by atoms with E-state index in [9.17, 15) is 4.79 Å². The van der Waals surface area contributed by atoms with Crippen molar-refractivity contribution in [2.45, 2.75) is 45.1 Å². The van der Waals surface area contributed by atoms with Crippen molar-refractivity contribution in [2.24, 2.45) is 17.1 Å². The van der Waals surface area contributed by atoms with Crippen molar-refractivity contribution in [3.63, 3.8) is 0 Å². The number of nitrogens with one attached hydrogen (secondary N) is 1. The van der Waals surface area contributed by atoms with E-state index in [1.807, 2.05) is 0 Å². The first kappa shape index (κ1) is 13.8. The standard InChI is InChI=1S/C14H27N3O/c1-14(5-7-17(2)8-6-14)10-16-13(18)11-3-4-12(15)9-11/h11-12H,3-10,15H2,1-2H3,(H,16,18). The highest BCUT2D eigenvalue weighted by atomic mass is 16.1. The highest BCUT2D eigenvalue weighted by Gasteiger charge is 2.32. The average Bonchev–Trinajstić information content (AvgIpc) is 2.77. The van der Waals surface area contributed by atoms with E-state index in [2.05, 4.69) is 24.2 Å². The molecule has 0 aromatic heterocycles. The van der Waals surface area contributed by atoms with Crippen molar-refractivity contribution in [1.29, 1.82) is 0 Å². The van der Waals surface area contributed by atoms with Crippen LogP contribution in [0.15, 0.2) is 0 Å². The maximum atomic E-state index is 12.1. The fourth-order valence-corrected chi connectivity index (χ4v) is 3.03. The molecule has 1 heterocycles. The minimum Gasteiger partial charge on any atom is -0.355 e. The largest absolute Gasteiger partial charge is 0.355 e. The fourth-order valence-electron chi connectivity index (χ4n) is 3.03. The Hall–Kier alpha value is -0.610. The maximum absolute atomic E-state index is 12.1. The number of nitrogens with two attached hydrogens (primary N) is 1. The molecule has 104 valence electrons. The molecule has 0 aromatic carbocycles. The van der Waals surface area contributed by atoms with Gasteiger partial charge >= 0.3 is 0 Å². The molecule has 1 saturated carbocycles.